The van der Waals surface area contributed by atoms with E-state index in [0.717, 1.165) is 79.6 Å². The minimum Gasteiger partial charge on any atom is -0.497 e. The number of esters is 1. The van der Waals surface area contributed by atoms with Gasteiger partial charge in [-0.25, -0.2) is 0 Å². The predicted octanol–water partition coefficient (Wildman–Crippen LogP) is 7.04. The average Bonchev–Trinajstić information content (AvgIpc) is 3.38. The summed E-state index contributed by atoms with van der Waals surface area (Å²) < 4.78 is 11.6. The Labute approximate surface area is 274 Å². The van der Waals surface area contributed by atoms with Gasteiger partial charge in [-0.3, -0.25) is 14.6 Å². The Morgan fingerprint density at radius 2 is 1.85 bits per heavy atom. The molecule has 0 aliphatic heterocycles. The second-order valence-corrected chi connectivity index (χ2v) is 15.5. The summed E-state index contributed by atoms with van der Waals surface area (Å²) in [6.07, 6.45) is 13.6. The molecular weight excluding hydrogens is 578 g/mol. The van der Waals surface area contributed by atoms with Gasteiger partial charge in [-0.05, 0) is 119 Å². The van der Waals surface area contributed by atoms with Crippen LogP contribution in [0.25, 0.3) is 10.9 Å². The Bertz CT molecular complexity index is 1400. The molecular formula is C38H55N3O5. The standard InChI is InChI=1S/C38H55N3O5/c1-24(41-32-23-28(45-4)21-25-8-6-20-40-36(25)32)7-5-19-39-34(43)13-14-35(44)46-33-12-11-30-29-10-9-26-22-27(42)15-17-37(26,2)31(29)16-18-38(30,33)3/h6,8,20-21,23-24,26-27,29-31,33,41-42H,5,7,9-19,22H2,1-4H3,(H,39,43)/t24?,26-,27-,29-,30-,31-,33-,37-,38-/m0/s1. The van der Waals surface area contributed by atoms with E-state index >= 15 is 0 Å². The van der Waals surface area contributed by atoms with Crippen LogP contribution in [0.5, 0.6) is 5.75 Å². The van der Waals surface area contributed by atoms with Gasteiger partial charge in [-0.15, -0.1) is 0 Å². The van der Waals surface area contributed by atoms with Crippen LogP contribution in [0.2, 0.25) is 0 Å². The Morgan fingerprint density at radius 1 is 1.04 bits per heavy atom. The minimum atomic E-state index is -0.238. The van der Waals surface area contributed by atoms with Gasteiger partial charge in [0.15, 0.2) is 0 Å². The zero-order valence-corrected chi connectivity index (χ0v) is 28.4. The van der Waals surface area contributed by atoms with Crippen molar-refractivity contribution in [3.05, 3.63) is 30.5 Å². The zero-order valence-electron chi connectivity index (χ0n) is 28.4. The number of ether oxygens (including phenoxy) is 2. The summed E-state index contributed by atoms with van der Waals surface area (Å²) >= 11 is 0. The van der Waals surface area contributed by atoms with Gasteiger partial charge in [-0.1, -0.05) is 19.9 Å². The van der Waals surface area contributed by atoms with E-state index in [1.807, 2.05) is 24.3 Å². The number of anilines is 1. The highest BCUT2D eigenvalue weighted by molar-refractivity contribution is 5.92. The van der Waals surface area contributed by atoms with Crippen molar-refractivity contribution >= 4 is 28.5 Å². The number of amides is 1. The molecule has 4 aliphatic rings. The number of rotatable bonds is 11. The Morgan fingerprint density at radius 3 is 2.67 bits per heavy atom. The molecule has 8 nitrogen and oxygen atoms in total. The van der Waals surface area contributed by atoms with Gasteiger partial charge in [0.2, 0.25) is 5.91 Å². The van der Waals surface area contributed by atoms with E-state index < -0.39 is 0 Å². The molecule has 252 valence electrons. The predicted molar refractivity (Wildman–Crippen MR) is 180 cm³/mol. The fourth-order valence-electron chi connectivity index (χ4n) is 10.3. The van der Waals surface area contributed by atoms with Crippen molar-refractivity contribution in [2.75, 3.05) is 19.0 Å². The summed E-state index contributed by atoms with van der Waals surface area (Å²) in [6.45, 7) is 7.58. The number of carbonyl (C=O) groups is 2. The van der Waals surface area contributed by atoms with E-state index in [1.54, 1.807) is 13.3 Å². The smallest absolute Gasteiger partial charge is 0.306 e. The molecule has 0 saturated heterocycles. The van der Waals surface area contributed by atoms with E-state index in [-0.39, 0.29) is 48.4 Å². The van der Waals surface area contributed by atoms with E-state index in [9.17, 15) is 14.7 Å². The zero-order chi connectivity index (χ0) is 32.5. The Hall–Kier alpha value is -2.87. The third-order valence-corrected chi connectivity index (χ3v) is 12.8. The van der Waals surface area contributed by atoms with Crippen LogP contribution >= 0.6 is 0 Å². The number of carbonyl (C=O) groups excluding carboxylic acids is 2. The van der Waals surface area contributed by atoms with Crippen LogP contribution in [0, 0.1) is 34.5 Å². The third-order valence-electron chi connectivity index (χ3n) is 12.8. The summed E-state index contributed by atoms with van der Waals surface area (Å²) in [5.41, 5.74) is 2.23. The molecule has 0 bridgehead atoms. The second kappa shape index (κ2) is 13.7. The topological polar surface area (TPSA) is 110 Å². The molecule has 3 N–H and O–H groups in total. The Balaban J connectivity index is 0.917. The number of benzene rings is 1. The molecule has 4 saturated carbocycles. The van der Waals surface area contributed by atoms with E-state index in [0.29, 0.717) is 29.7 Å². The number of nitrogens with zero attached hydrogens (tertiary/aromatic N) is 1. The van der Waals surface area contributed by atoms with Crippen LogP contribution in [0.4, 0.5) is 5.69 Å². The number of pyridine rings is 1. The molecule has 2 aromatic rings. The molecule has 1 unspecified atom stereocenters. The maximum atomic E-state index is 13.0. The number of hydrogen-bond donors (Lipinski definition) is 3. The molecule has 6 rings (SSSR count). The SMILES string of the molecule is COc1cc(NC(C)CCCNC(=O)CCC(=O)O[C@H]2CC[C@H]3[C@@H]4CC[C@H]5C[C@@H](O)CC[C@]5(C)[C@H]4CC[C@]23C)c2ncccc2c1. The van der Waals surface area contributed by atoms with Crippen LogP contribution in [0.15, 0.2) is 30.5 Å². The molecule has 9 atom stereocenters. The first-order chi connectivity index (χ1) is 22.1. The van der Waals surface area contributed by atoms with Gasteiger partial charge in [-0.2, -0.15) is 0 Å². The number of hydrogen-bond acceptors (Lipinski definition) is 7. The monoisotopic (exact) mass is 633 g/mol. The summed E-state index contributed by atoms with van der Waals surface area (Å²) in [5, 5.41) is 17.9. The van der Waals surface area contributed by atoms with Crippen molar-refractivity contribution in [2.24, 2.45) is 34.5 Å². The Kier molecular flexibility index (Phi) is 9.84. The van der Waals surface area contributed by atoms with Crippen LogP contribution in [0.3, 0.4) is 0 Å². The van der Waals surface area contributed by atoms with Gasteiger partial charge in [0.1, 0.15) is 11.9 Å². The fraction of sp³-hybridized carbons (Fsp3) is 0.711. The van der Waals surface area contributed by atoms with E-state index in [1.165, 1.54) is 19.3 Å². The van der Waals surface area contributed by atoms with Gasteiger partial charge in [0.25, 0.3) is 0 Å². The van der Waals surface area contributed by atoms with Crippen molar-refractivity contribution < 1.29 is 24.2 Å². The first kappa shape index (κ1) is 33.0. The largest absolute Gasteiger partial charge is 0.497 e. The number of aliphatic hydroxyl groups is 1. The molecule has 0 radical (unpaired) electrons. The summed E-state index contributed by atoms with van der Waals surface area (Å²) in [7, 11) is 1.66. The quantitative estimate of drug-likeness (QED) is 0.180. The summed E-state index contributed by atoms with van der Waals surface area (Å²) in [6, 6.07) is 8.08. The van der Waals surface area contributed by atoms with Gasteiger partial charge < -0.3 is 25.2 Å². The first-order valence-electron chi connectivity index (χ1n) is 17.9. The molecule has 4 fully saturated rings. The highest BCUT2D eigenvalue weighted by atomic mass is 16.5. The van der Waals surface area contributed by atoms with Gasteiger partial charge >= 0.3 is 5.97 Å². The molecule has 1 amide bonds. The number of methoxy groups -OCH3 is 1. The molecule has 1 aromatic heterocycles. The van der Waals surface area contributed by atoms with E-state index in [4.69, 9.17) is 9.47 Å². The third kappa shape index (κ3) is 6.61. The van der Waals surface area contributed by atoms with Crippen LogP contribution in [0.1, 0.15) is 104 Å². The van der Waals surface area contributed by atoms with Crippen molar-refractivity contribution in [1.82, 2.24) is 10.3 Å². The van der Waals surface area contributed by atoms with Crippen LogP contribution < -0.4 is 15.4 Å². The van der Waals surface area contributed by atoms with Crippen molar-refractivity contribution in [3.63, 3.8) is 0 Å². The maximum Gasteiger partial charge on any atom is 0.306 e. The van der Waals surface area contributed by atoms with Crippen LogP contribution in [-0.2, 0) is 14.3 Å². The molecule has 46 heavy (non-hydrogen) atoms. The number of aliphatic hydroxyl groups excluding tert-OH is 1. The lowest BCUT2D eigenvalue weighted by molar-refractivity contribution is -0.165. The minimum absolute atomic E-state index is 0.0361. The van der Waals surface area contributed by atoms with E-state index in [2.05, 4.69) is 36.4 Å². The highest BCUT2D eigenvalue weighted by Crippen LogP contribution is 2.66. The van der Waals surface area contributed by atoms with Crippen molar-refractivity contribution in [1.29, 1.82) is 0 Å². The lowest BCUT2D eigenvalue weighted by Crippen LogP contribution is -2.54. The molecule has 8 heteroatoms. The average molecular weight is 634 g/mol. The van der Waals surface area contributed by atoms with Gasteiger partial charge in [0.05, 0.1) is 30.8 Å². The van der Waals surface area contributed by atoms with Gasteiger partial charge in [0, 0.05) is 42.1 Å². The molecule has 1 aromatic carbocycles. The fourth-order valence-corrected chi connectivity index (χ4v) is 10.3. The second-order valence-electron chi connectivity index (χ2n) is 15.5. The maximum absolute atomic E-state index is 13.0. The summed E-state index contributed by atoms with van der Waals surface area (Å²) in [5.74, 6) is 3.14. The number of nitrogens with one attached hydrogen (secondary N) is 2. The summed E-state index contributed by atoms with van der Waals surface area (Å²) in [4.78, 5) is 30.1. The lowest BCUT2D eigenvalue weighted by Gasteiger charge is -2.60. The number of fused-ring (bicyclic) bond motifs is 6. The molecule has 1 heterocycles. The van der Waals surface area contributed by atoms with Crippen molar-refractivity contribution in [2.45, 2.75) is 122 Å². The van der Waals surface area contributed by atoms with Crippen molar-refractivity contribution in [3.8, 4) is 5.75 Å². The highest BCUT2D eigenvalue weighted by Gasteiger charge is 2.61. The first-order valence-corrected chi connectivity index (χ1v) is 17.9. The van der Waals surface area contributed by atoms with Crippen LogP contribution in [-0.4, -0.2) is 53.9 Å². The molecule has 4 aliphatic carbocycles. The molecule has 0 spiro atoms. The normalized spacial score (nSPS) is 34.1. The number of aromatic nitrogens is 1. The lowest BCUT2D eigenvalue weighted by atomic mass is 9.45.